The van der Waals surface area contributed by atoms with Crippen LogP contribution in [0.5, 0.6) is 0 Å². The minimum absolute atomic E-state index is 0.0115. The smallest absolute Gasteiger partial charge is 0.309 e. The fourth-order valence-corrected chi connectivity index (χ4v) is 1.67. The number of aliphatic carboxylic acids is 1. The molecule has 0 atom stereocenters. The summed E-state index contributed by atoms with van der Waals surface area (Å²) in [4.78, 5) is 11.0. The van der Waals surface area contributed by atoms with E-state index in [1.807, 2.05) is 0 Å². The van der Waals surface area contributed by atoms with Crippen molar-refractivity contribution in [2.24, 2.45) is 5.41 Å². The van der Waals surface area contributed by atoms with Crippen molar-refractivity contribution in [3.8, 4) is 0 Å². The van der Waals surface area contributed by atoms with Crippen LogP contribution in [-0.2, 0) is 16.9 Å². The van der Waals surface area contributed by atoms with Crippen molar-refractivity contribution >= 4 is 5.97 Å². The molecule has 0 spiro atoms. The van der Waals surface area contributed by atoms with Gasteiger partial charge < -0.3 is 5.11 Å². The maximum Gasteiger partial charge on any atom is 0.309 e. The second-order valence-corrected chi connectivity index (χ2v) is 5.77. The number of hydrogen-bond acceptors (Lipinski definition) is 1. The molecule has 0 amide bonds. The molecule has 0 aliphatic rings. The number of rotatable bonds is 4. The summed E-state index contributed by atoms with van der Waals surface area (Å²) >= 11 is 0. The molecule has 0 unspecified atom stereocenters. The van der Waals surface area contributed by atoms with Crippen LogP contribution in [-0.4, -0.2) is 11.1 Å². The molecule has 0 bridgehead atoms. The molecule has 0 aliphatic heterocycles. The average molecular weight is 274 g/mol. The Morgan fingerprint density at radius 2 is 1.74 bits per heavy atom. The molecule has 1 rings (SSSR count). The van der Waals surface area contributed by atoms with Gasteiger partial charge in [0, 0.05) is 0 Å². The Labute approximate surface area is 110 Å². The molecule has 0 aliphatic carbocycles. The van der Waals surface area contributed by atoms with Gasteiger partial charge in [-0.3, -0.25) is 4.79 Å². The van der Waals surface area contributed by atoms with Crippen molar-refractivity contribution < 1.29 is 23.1 Å². The van der Waals surface area contributed by atoms with Gasteiger partial charge in [0.2, 0.25) is 0 Å². The molecule has 106 valence electrons. The van der Waals surface area contributed by atoms with Crippen LogP contribution in [0.25, 0.3) is 0 Å². The number of hydrogen-bond donors (Lipinski definition) is 1. The average Bonchev–Trinajstić information content (AvgIpc) is 2.22. The van der Waals surface area contributed by atoms with Gasteiger partial charge in [0.05, 0.1) is 5.41 Å². The Morgan fingerprint density at radius 1 is 1.21 bits per heavy atom. The minimum atomic E-state index is -1.82. The predicted molar refractivity (Wildman–Crippen MR) is 65.6 cm³/mol. The Bertz CT molecular complexity index is 502. The standard InChI is InChI=1S/C14H17F3O2/c1-13(2,12(18)19)7-8-5-9(14(3,4)17)6-10(15)11(8)16/h5-6H,7H2,1-4H3,(H,18,19). The highest BCUT2D eigenvalue weighted by atomic mass is 19.2. The van der Waals surface area contributed by atoms with Crippen molar-refractivity contribution in [1.29, 1.82) is 0 Å². The lowest BCUT2D eigenvalue weighted by molar-refractivity contribution is -0.146. The van der Waals surface area contributed by atoms with Crippen LogP contribution in [0.15, 0.2) is 12.1 Å². The molecule has 0 heterocycles. The zero-order valence-corrected chi connectivity index (χ0v) is 11.4. The van der Waals surface area contributed by atoms with E-state index in [1.54, 1.807) is 0 Å². The second-order valence-electron chi connectivity index (χ2n) is 5.77. The predicted octanol–water partition coefficient (Wildman–Crippen LogP) is 3.82. The maximum atomic E-state index is 13.8. The molecule has 1 N–H and O–H groups in total. The van der Waals surface area contributed by atoms with Gasteiger partial charge in [0.1, 0.15) is 5.67 Å². The first-order valence-electron chi connectivity index (χ1n) is 5.86. The third-order valence-corrected chi connectivity index (χ3v) is 3.00. The number of benzene rings is 1. The lowest BCUT2D eigenvalue weighted by atomic mass is 9.84. The van der Waals surface area contributed by atoms with Crippen molar-refractivity contribution in [2.45, 2.75) is 39.8 Å². The minimum Gasteiger partial charge on any atom is -0.481 e. The van der Waals surface area contributed by atoms with Crippen LogP contribution in [0.4, 0.5) is 13.2 Å². The molecule has 0 aromatic heterocycles. The van der Waals surface area contributed by atoms with E-state index in [0.717, 1.165) is 6.07 Å². The summed E-state index contributed by atoms with van der Waals surface area (Å²) in [5, 5.41) is 9.00. The fraction of sp³-hybridized carbons (Fsp3) is 0.500. The quantitative estimate of drug-likeness (QED) is 0.906. The van der Waals surface area contributed by atoms with Gasteiger partial charge in [-0.15, -0.1) is 0 Å². The summed E-state index contributed by atoms with van der Waals surface area (Å²) in [5.41, 5.74) is -3.22. The van der Waals surface area contributed by atoms with Crippen LogP contribution in [0.1, 0.15) is 38.8 Å². The molecular weight excluding hydrogens is 257 g/mol. The van der Waals surface area contributed by atoms with Crippen LogP contribution < -0.4 is 0 Å². The second kappa shape index (κ2) is 4.87. The summed E-state index contributed by atoms with van der Waals surface area (Å²) in [6.07, 6.45) is -0.213. The van der Waals surface area contributed by atoms with Crippen LogP contribution in [0.3, 0.4) is 0 Å². The fourth-order valence-electron chi connectivity index (χ4n) is 1.67. The van der Waals surface area contributed by atoms with E-state index in [4.69, 9.17) is 5.11 Å². The summed E-state index contributed by atoms with van der Waals surface area (Å²) in [7, 11) is 0. The first-order chi connectivity index (χ1) is 8.45. The van der Waals surface area contributed by atoms with Crippen LogP contribution in [0, 0.1) is 17.0 Å². The van der Waals surface area contributed by atoms with E-state index in [0.29, 0.717) is 0 Å². The number of halogens is 3. The Morgan fingerprint density at radius 3 is 2.16 bits per heavy atom. The van der Waals surface area contributed by atoms with E-state index < -0.39 is 28.7 Å². The largest absolute Gasteiger partial charge is 0.481 e. The van der Waals surface area contributed by atoms with Crippen molar-refractivity contribution in [3.05, 3.63) is 34.9 Å². The van der Waals surface area contributed by atoms with E-state index in [-0.39, 0.29) is 17.5 Å². The maximum absolute atomic E-state index is 13.8. The van der Waals surface area contributed by atoms with Gasteiger partial charge in [-0.25, -0.2) is 13.2 Å². The van der Waals surface area contributed by atoms with Crippen molar-refractivity contribution in [1.82, 2.24) is 0 Å². The summed E-state index contributed by atoms with van der Waals surface area (Å²) in [6.45, 7) is 5.26. The van der Waals surface area contributed by atoms with Crippen LogP contribution in [0.2, 0.25) is 0 Å². The third-order valence-electron chi connectivity index (χ3n) is 3.00. The topological polar surface area (TPSA) is 37.3 Å². The Balaban J connectivity index is 3.28. The van der Waals surface area contributed by atoms with Gasteiger partial charge in [0.25, 0.3) is 0 Å². The van der Waals surface area contributed by atoms with Gasteiger partial charge in [-0.05, 0) is 57.4 Å². The van der Waals surface area contributed by atoms with E-state index in [9.17, 15) is 18.0 Å². The number of alkyl halides is 1. The zero-order valence-electron chi connectivity index (χ0n) is 11.4. The van der Waals surface area contributed by atoms with Crippen molar-refractivity contribution in [2.75, 3.05) is 0 Å². The Hall–Kier alpha value is -1.52. The lowest BCUT2D eigenvalue weighted by Gasteiger charge is -2.22. The summed E-state index contributed by atoms with van der Waals surface area (Å²) < 4.78 is 40.9. The molecule has 0 radical (unpaired) electrons. The highest BCUT2D eigenvalue weighted by Gasteiger charge is 2.31. The molecule has 5 heteroatoms. The van der Waals surface area contributed by atoms with Gasteiger partial charge in [-0.2, -0.15) is 0 Å². The molecule has 19 heavy (non-hydrogen) atoms. The molecule has 0 saturated carbocycles. The van der Waals surface area contributed by atoms with E-state index in [2.05, 4.69) is 0 Å². The Kier molecular flexibility index (Phi) is 3.98. The summed E-state index contributed by atoms with van der Waals surface area (Å²) in [5.74, 6) is -3.42. The SMILES string of the molecule is CC(C)(Cc1cc(C(C)(C)F)cc(F)c1F)C(=O)O. The lowest BCUT2D eigenvalue weighted by Crippen LogP contribution is -2.27. The van der Waals surface area contributed by atoms with E-state index in [1.165, 1.54) is 33.8 Å². The molecule has 0 saturated heterocycles. The molecule has 1 aromatic carbocycles. The number of carbonyl (C=O) groups is 1. The third kappa shape index (κ3) is 3.49. The highest BCUT2D eigenvalue weighted by Crippen LogP contribution is 2.31. The molecular formula is C14H17F3O2. The summed E-state index contributed by atoms with van der Waals surface area (Å²) in [6, 6.07) is 1.98. The molecule has 1 aromatic rings. The highest BCUT2D eigenvalue weighted by molar-refractivity contribution is 5.74. The normalized spacial score (nSPS) is 12.6. The number of carboxylic acids is 1. The van der Waals surface area contributed by atoms with Crippen molar-refractivity contribution in [3.63, 3.8) is 0 Å². The first kappa shape index (κ1) is 15.5. The molecule has 0 fully saturated rings. The monoisotopic (exact) mass is 274 g/mol. The first-order valence-corrected chi connectivity index (χ1v) is 5.86. The number of carboxylic acid groups (broad SMARTS) is 1. The van der Waals surface area contributed by atoms with E-state index >= 15 is 0 Å². The van der Waals surface area contributed by atoms with Gasteiger partial charge in [-0.1, -0.05) is 0 Å². The van der Waals surface area contributed by atoms with Gasteiger partial charge in [0.15, 0.2) is 11.6 Å². The zero-order chi connectivity index (χ0) is 15.0. The van der Waals surface area contributed by atoms with Gasteiger partial charge >= 0.3 is 5.97 Å². The van der Waals surface area contributed by atoms with Crippen LogP contribution >= 0.6 is 0 Å². The molecule has 2 nitrogen and oxygen atoms in total.